The summed E-state index contributed by atoms with van der Waals surface area (Å²) in [6.07, 6.45) is 0. The highest BCUT2D eigenvalue weighted by Crippen LogP contribution is 2.50. The summed E-state index contributed by atoms with van der Waals surface area (Å²) in [7, 11) is 0. The molecule has 8 aromatic carbocycles. The van der Waals surface area contributed by atoms with E-state index in [2.05, 4.69) is 188 Å². The van der Waals surface area contributed by atoms with E-state index in [9.17, 15) is 0 Å². The van der Waals surface area contributed by atoms with Crippen LogP contribution in [0, 0.1) is 0 Å². The van der Waals surface area contributed by atoms with Crippen molar-refractivity contribution in [3.63, 3.8) is 0 Å². The van der Waals surface area contributed by atoms with Crippen molar-refractivity contribution in [2.45, 2.75) is 19.3 Å². The van der Waals surface area contributed by atoms with Crippen molar-refractivity contribution in [3.8, 4) is 39.3 Å². The molecule has 0 amide bonds. The lowest BCUT2D eigenvalue weighted by Gasteiger charge is -2.22. The zero-order valence-corrected chi connectivity index (χ0v) is 31.3. The van der Waals surface area contributed by atoms with Gasteiger partial charge in [0.1, 0.15) is 5.82 Å². The molecule has 0 N–H and O–H groups in total. The molecule has 1 aliphatic rings. The van der Waals surface area contributed by atoms with Gasteiger partial charge in [-0.15, -0.1) is 11.3 Å². The lowest BCUT2D eigenvalue weighted by atomic mass is 9.81. The monoisotopic (exact) mass is 718 g/mol. The van der Waals surface area contributed by atoms with E-state index in [0.29, 0.717) is 0 Å². The second-order valence-electron chi connectivity index (χ2n) is 15.5. The smallest absolute Gasteiger partial charge is 0.138 e. The minimum absolute atomic E-state index is 0.0927. The summed E-state index contributed by atoms with van der Waals surface area (Å²) in [5, 5.41) is 9.96. The molecule has 0 saturated heterocycles. The first-order valence-electron chi connectivity index (χ1n) is 19.0. The van der Waals surface area contributed by atoms with Crippen LogP contribution in [0.2, 0.25) is 0 Å². The van der Waals surface area contributed by atoms with Gasteiger partial charge in [-0.25, -0.2) is 4.98 Å². The number of nitrogens with zero attached hydrogens (tertiary/aromatic N) is 2. The lowest BCUT2D eigenvalue weighted by Crippen LogP contribution is -2.15. The average molecular weight is 719 g/mol. The van der Waals surface area contributed by atoms with Gasteiger partial charge >= 0.3 is 0 Å². The van der Waals surface area contributed by atoms with Crippen molar-refractivity contribution in [2.75, 3.05) is 0 Å². The molecular formula is C52H34N2S. The molecule has 2 nitrogen and oxygen atoms in total. The maximum atomic E-state index is 5.60. The van der Waals surface area contributed by atoms with Crippen molar-refractivity contribution in [2.24, 2.45) is 0 Å². The first-order chi connectivity index (χ1) is 27.0. The molecule has 258 valence electrons. The molecule has 0 unspecified atom stereocenters. The van der Waals surface area contributed by atoms with Crippen LogP contribution < -0.4 is 0 Å². The van der Waals surface area contributed by atoms with Crippen LogP contribution in [0.5, 0.6) is 0 Å². The van der Waals surface area contributed by atoms with Gasteiger partial charge in [0.2, 0.25) is 0 Å². The molecule has 0 saturated carbocycles. The Kier molecular flexibility index (Phi) is 6.31. The Hall–Kier alpha value is -6.55. The van der Waals surface area contributed by atoms with E-state index in [1.165, 1.54) is 80.5 Å². The molecule has 12 rings (SSSR count). The molecular weight excluding hydrogens is 685 g/mol. The standard InChI is InChI=1S/C52H34N2S/c1-52(2)43-19-8-5-14-37(43)38-26-24-34(29-44(38)52)50-35-13-4-3-12-32(35)30-48(53-50)54-45-20-9-6-16-41(45)49-42-28-33(23-22-31(42)25-27-46(49)54)36-17-11-18-40-39-15-7-10-21-47(39)55-51(36)40/h3-30H,1-2H3. The van der Waals surface area contributed by atoms with Crippen LogP contribution in [0.3, 0.4) is 0 Å². The minimum Gasteiger partial charge on any atom is -0.294 e. The summed E-state index contributed by atoms with van der Waals surface area (Å²) in [5.74, 6) is 0.925. The fourth-order valence-electron chi connectivity index (χ4n) is 9.55. The van der Waals surface area contributed by atoms with E-state index >= 15 is 0 Å². The van der Waals surface area contributed by atoms with Gasteiger partial charge in [0.05, 0.1) is 16.7 Å². The van der Waals surface area contributed by atoms with Crippen molar-refractivity contribution in [1.82, 2.24) is 9.55 Å². The molecule has 0 atom stereocenters. The van der Waals surface area contributed by atoms with Crippen LogP contribution in [-0.4, -0.2) is 9.55 Å². The molecule has 55 heavy (non-hydrogen) atoms. The summed E-state index contributed by atoms with van der Waals surface area (Å²) in [6, 6.07) is 62.7. The van der Waals surface area contributed by atoms with Gasteiger partial charge < -0.3 is 0 Å². The Balaban J connectivity index is 1.09. The third kappa shape index (κ3) is 4.33. The Morgan fingerprint density at radius 1 is 0.473 bits per heavy atom. The zero-order valence-electron chi connectivity index (χ0n) is 30.5. The van der Waals surface area contributed by atoms with Crippen molar-refractivity contribution in [1.29, 1.82) is 0 Å². The number of thiophene rings is 1. The highest BCUT2D eigenvalue weighted by atomic mass is 32.1. The second kappa shape index (κ2) is 11.2. The SMILES string of the molecule is CC1(C)c2ccccc2-c2ccc(-c3nc(-n4c5ccccc5c5c6cc(-c7cccc8c7sc7ccccc78)ccc6ccc54)cc4ccccc34)cc21. The van der Waals surface area contributed by atoms with Gasteiger partial charge in [-0.3, -0.25) is 4.57 Å². The van der Waals surface area contributed by atoms with Crippen LogP contribution in [0.1, 0.15) is 25.0 Å². The van der Waals surface area contributed by atoms with Gasteiger partial charge in [-0.2, -0.15) is 0 Å². The molecule has 0 aliphatic heterocycles. The van der Waals surface area contributed by atoms with Crippen molar-refractivity contribution in [3.05, 3.63) is 181 Å². The van der Waals surface area contributed by atoms with Gasteiger partial charge in [0.25, 0.3) is 0 Å². The van der Waals surface area contributed by atoms with Crippen molar-refractivity contribution < 1.29 is 0 Å². The Morgan fingerprint density at radius 2 is 1.18 bits per heavy atom. The summed E-state index contributed by atoms with van der Waals surface area (Å²) < 4.78 is 5.04. The first-order valence-corrected chi connectivity index (χ1v) is 19.9. The summed E-state index contributed by atoms with van der Waals surface area (Å²) >= 11 is 1.89. The number of aromatic nitrogens is 2. The molecule has 3 heteroatoms. The molecule has 0 radical (unpaired) electrons. The maximum Gasteiger partial charge on any atom is 0.138 e. The van der Waals surface area contributed by atoms with Gasteiger partial charge in [-0.1, -0.05) is 147 Å². The van der Waals surface area contributed by atoms with E-state index < -0.39 is 0 Å². The highest BCUT2D eigenvalue weighted by Gasteiger charge is 2.35. The number of benzene rings is 8. The molecule has 1 aliphatic carbocycles. The second-order valence-corrected chi connectivity index (χ2v) is 16.6. The van der Waals surface area contributed by atoms with Crippen LogP contribution in [0.15, 0.2) is 170 Å². The summed E-state index contributed by atoms with van der Waals surface area (Å²) in [5.41, 5.74) is 12.3. The van der Waals surface area contributed by atoms with Crippen molar-refractivity contribution >= 4 is 74.9 Å². The fourth-order valence-corrected chi connectivity index (χ4v) is 10.8. The number of hydrogen-bond acceptors (Lipinski definition) is 2. The van der Waals surface area contributed by atoms with Gasteiger partial charge in [0.15, 0.2) is 0 Å². The predicted octanol–water partition coefficient (Wildman–Crippen LogP) is 14.5. The molecule has 0 bridgehead atoms. The van der Waals surface area contributed by atoms with Crippen LogP contribution in [0.4, 0.5) is 0 Å². The van der Waals surface area contributed by atoms with E-state index in [-0.39, 0.29) is 5.41 Å². The maximum absolute atomic E-state index is 5.60. The number of para-hydroxylation sites is 1. The number of rotatable bonds is 3. The van der Waals surface area contributed by atoms with E-state index in [1.54, 1.807) is 0 Å². The molecule has 11 aromatic rings. The van der Waals surface area contributed by atoms with Gasteiger partial charge in [-0.05, 0) is 85.9 Å². The molecule has 3 heterocycles. The number of hydrogen-bond donors (Lipinski definition) is 0. The Labute approximate surface area is 322 Å². The fraction of sp³-hybridized carbons (Fsp3) is 0.0577. The summed E-state index contributed by atoms with van der Waals surface area (Å²) in [4.78, 5) is 5.60. The van der Waals surface area contributed by atoms with E-state index in [1.807, 2.05) is 11.3 Å². The first kappa shape index (κ1) is 30.9. The van der Waals surface area contributed by atoms with E-state index in [4.69, 9.17) is 4.98 Å². The Bertz CT molecular complexity index is 3410. The minimum atomic E-state index is -0.0927. The van der Waals surface area contributed by atoms with Gasteiger partial charge in [0, 0.05) is 47.3 Å². The van der Waals surface area contributed by atoms with Crippen LogP contribution in [-0.2, 0) is 5.41 Å². The average Bonchev–Trinajstić information content (AvgIpc) is 3.86. The topological polar surface area (TPSA) is 17.8 Å². The molecule has 3 aromatic heterocycles. The normalized spacial score (nSPS) is 13.4. The Morgan fingerprint density at radius 3 is 2.11 bits per heavy atom. The summed E-state index contributed by atoms with van der Waals surface area (Å²) in [6.45, 7) is 4.69. The highest BCUT2D eigenvalue weighted by molar-refractivity contribution is 7.26. The molecule has 0 spiro atoms. The van der Waals surface area contributed by atoms with Crippen LogP contribution in [0.25, 0.3) is 103 Å². The van der Waals surface area contributed by atoms with Crippen LogP contribution >= 0.6 is 11.3 Å². The predicted molar refractivity (Wildman–Crippen MR) is 235 cm³/mol. The third-order valence-electron chi connectivity index (χ3n) is 12.2. The number of fused-ring (bicyclic) bond motifs is 12. The quantitative estimate of drug-likeness (QED) is 0.178. The number of pyridine rings is 1. The third-order valence-corrected chi connectivity index (χ3v) is 13.4. The van der Waals surface area contributed by atoms with E-state index in [0.717, 1.165) is 33.5 Å². The molecule has 0 fully saturated rings. The largest absolute Gasteiger partial charge is 0.294 e. The zero-order chi connectivity index (χ0) is 36.4. The lowest BCUT2D eigenvalue weighted by molar-refractivity contribution is 0.660.